The molecule has 3 nitrogen and oxygen atoms in total. The SMILES string of the molecule is CCc1cc(F)c(N)c(C(=O)O)c1. The van der Waals surface area contributed by atoms with Gasteiger partial charge in [-0.25, -0.2) is 9.18 Å². The normalized spacial score (nSPS) is 10.0. The first-order valence-corrected chi connectivity index (χ1v) is 3.87. The second-order valence-corrected chi connectivity index (χ2v) is 2.70. The fourth-order valence-electron chi connectivity index (χ4n) is 1.06. The molecule has 0 atom stereocenters. The Morgan fingerprint density at radius 2 is 2.23 bits per heavy atom. The van der Waals surface area contributed by atoms with Crippen LogP contribution in [0.5, 0.6) is 0 Å². The molecular formula is C9H10FNO2. The van der Waals surface area contributed by atoms with E-state index in [1.54, 1.807) is 0 Å². The van der Waals surface area contributed by atoms with Gasteiger partial charge >= 0.3 is 5.97 Å². The van der Waals surface area contributed by atoms with E-state index in [9.17, 15) is 9.18 Å². The number of nitrogens with two attached hydrogens (primary N) is 1. The molecule has 3 N–H and O–H groups in total. The summed E-state index contributed by atoms with van der Waals surface area (Å²) in [6.07, 6.45) is 0.581. The van der Waals surface area contributed by atoms with Crippen LogP contribution in [0.15, 0.2) is 12.1 Å². The van der Waals surface area contributed by atoms with Crippen molar-refractivity contribution >= 4 is 11.7 Å². The number of hydrogen-bond donors (Lipinski definition) is 2. The largest absolute Gasteiger partial charge is 0.478 e. The van der Waals surface area contributed by atoms with Gasteiger partial charge < -0.3 is 10.8 Å². The molecule has 0 aliphatic heterocycles. The minimum absolute atomic E-state index is 0.170. The van der Waals surface area contributed by atoms with Gasteiger partial charge in [0.15, 0.2) is 0 Å². The number of benzene rings is 1. The summed E-state index contributed by atoms with van der Waals surface area (Å²) in [5, 5.41) is 8.66. The van der Waals surface area contributed by atoms with Crippen molar-refractivity contribution in [3.63, 3.8) is 0 Å². The number of aryl methyl sites for hydroxylation is 1. The number of nitrogen functional groups attached to an aromatic ring is 1. The van der Waals surface area contributed by atoms with Gasteiger partial charge in [-0.3, -0.25) is 0 Å². The first-order chi connectivity index (χ1) is 6.06. The van der Waals surface area contributed by atoms with Crippen molar-refractivity contribution in [1.82, 2.24) is 0 Å². The summed E-state index contributed by atoms with van der Waals surface area (Å²) in [5.74, 6) is -1.87. The highest BCUT2D eigenvalue weighted by atomic mass is 19.1. The van der Waals surface area contributed by atoms with Gasteiger partial charge in [-0.2, -0.15) is 0 Å². The van der Waals surface area contributed by atoms with Crippen molar-refractivity contribution in [3.8, 4) is 0 Å². The molecule has 0 unspecified atom stereocenters. The van der Waals surface area contributed by atoms with E-state index in [0.717, 1.165) is 0 Å². The van der Waals surface area contributed by atoms with Crippen molar-refractivity contribution in [1.29, 1.82) is 0 Å². The summed E-state index contributed by atoms with van der Waals surface area (Å²) in [5.41, 5.74) is 5.41. The second kappa shape index (κ2) is 3.43. The quantitative estimate of drug-likeness (QED) is 0.685. The van der Waals surface area contributed by atoms with Crippen LogP contribution < -0.4 is 5.73 Å². The molecule has 0 bridgehead atoms. The van der Waals surface area contributed by atoms with Crippen molar-refractivity contribution in [2.45, 2.75) is 13.3 Å². The fourth-order valence-corrected chi connectivity index (χ4v) is 1.06. The lowest BCUT2D eigenvalue weighted by Crippen LogP contribution is -2.05. The Labute approximate surface area is 75.0 Å². The van der Waals surface area contributed by atoms with Gasteiger partial charge in [-0.05, 0) is 24.1 Å². The van der Waals surface area contributed by atoms with Crippen LogP contribution in [0.4, 0.5) is 10.1 Å². The molecule has 1 aromatic rings. The van der Waals surface area contributed by atoms with Crippen molar-refractivity contribution in [3.05, 3.63) is 29.1 Å². The van der Waals surface area contributed by atoms with Crippen molar-refractivity contribution < 1.29 is 14.3 Å². The Kier molecular flexibility index (Phi) is 2.51. The maximum Gasteiger partial charge on any atom is 0.337 e. The predicted octanol–water partition coefficient (Wildman–Crippen LogP) is 1.67. The molecule has 0 fully saturated rings. The number of halogens is 1. The molecule has 0 aromatic heterocycles. The number of aromatic carboxylic acids is 1. The molecule has 0 radical (unpaired) electrons. The molecule has 13 heavy (non-hydrogen) atoms. The molecule has 0 saturated carbocycles. The maximum atomic E-state index is 13.0. The van der Waals surface area contributed by atoms with Gasteiger partial charge in [0.25, 0.3) is 0 Å². The number of rotatable bonds is 2. The predicted molar refractivity (Wildman–Crippen MR) is 47.1 cm³/mol. The summed E-state index contributed by atoms with van der Waals surface area (Å²) in [4.78, 5) is 10.6. The topological polar surface area (TPSA) is 63.3 Å². The van der Waals surface area contributed by atoms with E-state index in [4.69, 9.17) is 10.8 Å². The molecule has 70 valence electrons. The van der Waals surface area contributed by atoms with Gasteiger partial charge in [0.2, 0.25) is 0 Å². The van der Waals surface area contributed by atoms with Crippen molar-refractivity contribution in [2.24, 2.45) is 0 Å². The van der Waals surface area contributed by atoms with E-state index in [1.807, 2.05) is 6.92 Å². The zero-order chi connectivity index (χ0) is 10.0. The number of anilines is 1. The molecule has 0 amide bonds. The van der Waals surface area contributed by atoms with Crippen LogP contribution in [0, 0.1) is 5.82 Å². The number of hydrogen-bond acceptors (Lipinski definition) is 2. The Hall–Kier alpha value is -1.58. The summed E-state index contributed by atoms with van der Waals surface area (Å²) in [7, 11) is 0. The highest BCUT2D eigenvalue weighted by molar-refractivity contribution is 5.93. The second-order valence-electron chi connectivity index (χ2n) is 2.70. The minimum Gasteiger partial charge on any atom is -0.478 e. The van der Waals surface area contributed by atoms with Gasteiger partial charge in [0.05, 0.1) is 11.3 Å². The first kappa shape index (κ1) is 9.51. The van der Waals surface area contributed by atoms with Gasteiger partial charge in [-0.1, -0.05) is 6.92 Å². The summed E-state index contributed by atoms with van der Waals surface area (Å²) < 4.78 is 13.0. The van der Waals surface area contributed by atoms with E-state index in [-0.39, 0.29) is 11.3 Å². The molecule has 0 heterocycles. The van der Waals surface area contributed by atoms with E-state index in [0.29, 0.717) is 12.0 Å². The van der Waals surface area contributed by atoms with Crippen LogP contribution in [-0.2, 0) is 6.42 Å². The zero-order valence-electron chi connectivity index (χ0n) is 7.17. The lowest BCUT2D eigenvalue weighted by molar-refractivity contribution is 0.0697. The maximum absolute atomic E-state index is 13.0. The molecule has 1 rings (SSSR count). The Bertz CT molecular complexity index is 350. The monoisotopic (exact) mass is 183 g/mol. The molecule has 0 spiro atoms. The van der Waals surface area contributed by atoms with Crippen LogP contribution in [0.1, 0.15) is 22.8 Å². The highest BCUT2D eigenvalue weighted by Crippen LogP contribution is 2.19. The van der Waals surface area contributed by atoms with Crippen LogP contribution in [0.25, 0.3) is 0 Å². The van der Waals surface area contributed by atoms with Crippen LogP contribution in [-0.4, -0.2) is 11.1 Å². The van der Waals surface area contributed by atoms with Crippen molar-refractivity contribution in [2.75, 3.05) is 5.73 Å². The minimum atomic E-state index is -1.20. The van der Waals surface area contributed by atoms with E-state index in [2.05, 4.69) is 0 Å². The third-order valence-corrected chi connectivity index (χ3v) is 1.83. The van der Waals surface area contributed by atoms with E-state index >= 15 is 0 Å². The van der Waals surface area contributed by atoms with E-state index in [1.165, 1.54) is 12.1 Å². The smallest absolute Gasteiger partial charge is 0.337 e. The molecular weight excluding hydrogens is 173 g/mol. The third kappa shape index (κ3) is 1.77. The summed E-state index contributed by atoms with van der Waals surface area (Å²) >= 11 is 0. The van der Waals surface area contributed by atoms with Crippen LogP contribution in [0.2, 0.25) is 0 Å². The van der Waals surface area contributed by atoms with Crippen LogP contribution in [0.3, 0.4) is 0 Å². The average molecular weight is 183 g/mol. The lowest BCUT2D eigenvalue weighted by atomic mass is 10.1. The zero-order valence-corrected chi connectivity index (χ0v) is 7.17. The Morgan fingerprint density at radius 3 is 2.69 bits per heavy atom. The molecule has 0 aliphatic carbocycles. The standard InChI is InChI=1S/C9H10FNO2/c1-2-5-3-6(9(12)13)8(11)7(10)4-5/h3-4H,2,11H2,1H3,(H,12,13). The number of carbonyl (C=O) groups is 1. The molecule has 4 heteroatoms. The molecule has 0 aliphatic rings. The van der Waals surface area contributed by atoms with Gasteiger partial charge in [0.1, 0.15) is 5.82 Å². The first-order valence-electron chi connectivity index (χ1n) is 3.87. The Balaban J connectivity index is 3.33. The molecule has 0 saturated heterocycles. The summed E-state index contributed by atoms with van der Waals surface area (Å²) in [6, 6.07) is 2.64. The Morgan fingerprint density at radius 1 is 1.62 bits per heavy atom. The lowest BCUT2D eigenvalue weighted by Gasteiger charge is -2.04. The number of carboxylic acids is 1. The number of carboxylic acid groups (broad SMARTS) is 1. The third-order valence-electron chi connectivity index (χ3n) is 1.83. The fraction of sp³-hybridized carbons (Fsp3) is 0.222. The molecule has 1 aromatic carbocycles. The van der Waals surface area contributed by atoms with Crippen LogP contribution >= 0.6 is 0 Å². The van der Waals surface area contributed by atoms with Gasteiger partial charge in [0, 0.05) is 0 Å². The van der Waals surface area contributed by atoms with Gasteiger partial charge in [-0.15, -0.1) is 0 Å². The average Bonchev–Trinajstić information content (AvgIpc) is 2.09. The summed E-state index contributed by atoms with van der Waals surface area (Å²) in [6.45, 7) is 1.82. The highest BCUT2D eigenvalue weighted by Gasteiger charge is 2.12. The van der Waals surface area contributed by atoms with E-state index < -0.39 is 11.8 Å².